The lowest BCUT2D eigenvalue weighted by atomic mass is 10.1. The molecule has 1 aliphatic heterocycles. The van der Waals surface area contributed by atoms with Gasteiger partial charge in [-0.3, -0.25) is 0 Å². The van der Waals surface area contributed by atoms with Gasteiger partial charge in [-0.15, -0.1) is 0 Å². The summed E-state index contributed by atoms with van der Waals surface area (Å²) in [6, 6.07) is 5.82. The predicted octanol–water partition coefficient (Wildman–Crippen LogP) is 1.60. The molecule has 4 heteroatoms. The monoisotopic (exact) mass is 221 g/mol. The molecule has 0 spiro atoms. The summed E-state index contributed by atoms with van der Waals surface area (Å²) in [6.45, 7) is 1.40. The van der Waals surface area contributed by atoms with E-state index in [1.807, 2.05) is 18.2 Å². The van der Waals surface area contributed by atoms with Crippen LogP contribution in [0.4, 0.5) is 5.69 Å². The molecule has 1 aromatic carbocycles. The number of aliphatic hydroxyl groups excluding tert-OH is 1. The van der Waals surface area contributed by atoms with Crippen molar-refractivity contribution in [2.45, 2.75) is 12.8 Å². The van der Waals surface area contributed by atoms with E-state index in [2.05, 4.69) is 5.32 Å². The zero-order valence-electron chi connectivity index (χ0n) is 9.03. The van der Waals surface area contributed by atoms with Gasteiger partial charge >= 0.3 is 0 Å². The smallest absolute Gasteiger partial charge is 0.231 e. The quantitative estimate of drug-likeness (QED) is 0.810. The largest absolute Gasteiger partial charge is 0.454 e. The Morgan fingerprint density at radius 2 is 2.06 bits per heavy atom. The summed E-state index contributed by atoms with van der Waals surface area (Å²) >= 11 is 0. The Morgan fingerprint density at radius 1 is 1.25 bits per heavy atom. The molecule has 2 aliphatic rings. The van der Waals surface area contributed by atoms with E-state index in [-0.39, 0.29) is 12.0 Å². The maximum Gasteiger partial charge on any atom is 0.231 e. The van der Waals surface area contributed by atoms with Gasteiger partial charge in [0, 0.05) is 23.7 Å². The molecule has 4 nitrogen and oxygen atoms in total. The molecule has 0 saturated heterocycles. The number of ether oxygens (including phenoxy) is 2. The van der Waals surface area contributed by atoms with Gasteiger partial charge in [-0.2, -0.15) is 0 Å². The number of nitrogens with one attached hydrogen (secondary N) is 1. The number of hydrogen-bond acceptors (Lipinski definition) is 4. The number of rotatable bonds is 4. The highest BCUT2D eigenvalue weighted by Gasteiger charge is 2.41. The van der Waals surface area contributed by atoms with Gasteiger partial charge in [-0.25, -0.2) is 0 Å². The van der Waals surface area contributed by atoms with Crippen molar-refractivity contribution >= 4 is 5.69 Å². The van der Waals surface area contributed by atoms with Crippen molar-refractivity contribution in [2.75, 3.05) is 25.3 Å². The van der Waals surface area contributed by atoms with Gasteiger partial charge in [0.25, 0.3) is 0 Å². The first-order valence-electron chi connectivity index (χ1n) is 5.56. The van der Waals surface area contributed by atoms with Crippen molar-refractivity contribution in [3.8, 4) is 11.5 Å². The Balaban J connectivity index is 1.66. The first-order chi connectivity index (χ1) is 7.81. The van der Waals surface area contributed by atoms with Crippen LogP contribution in [0.25, 0.3) is 0 Å². The van der Waals surface area contributed by atoms with Crippen molar-refractivity contribution in [3.63, 3.8) is 0 Å². The van der Waals surface area contributed by atoms with E-state index < -0.39 is 0 Å². The van der Waals surface area contributed by atoms with Gasteiger partial charge in [0.2, 0.25) is 6.79 Å². The number of anilines is 1. The fourth-order valence-corrected chi connectivity index (χ4v) is 1.86. The van der Waals surface area contributed by atoms with E-state index in [4.69, 9.17) is 9.47 Å². The van der Waals surface area contributed by atoms with Crippen molar-refractivity contribution in [1.29, 1.82) is 0 Å². The number of fused-ring (bicyclic) bond motifs is 1. The van der Waals surface area contributed by atoms with Crippen LogP contribution in [0.2, 0.25) is 0 Å². The van der Waals surface area contributed by atoms with E-state index in [9.17, 15) is 5.11 Å². The van der Waals surface area contributed by atoms with E-state index in [1.165, 1.54) is 0 Å². The first-order valence-corrected chi connectivity index (χ1v) is 5.56. The molecule has 0 unspecified atom stereocenters. The Bertz CT molecular complexity index is 401. The molecule has 1 aliphatic carbocycles. The van der Waals surface area contributed by atoms with Gasteiger partial charge < -0.3 is 19.9 Å². The summed E-state index contributed by atoms with van der Waals surface area (Å²) in [5.74, 6) is 1.59. The highest BCUT2D eigenvalue weighted by molar-refractivity contribution is 5.55. The Hall–Kier alpha value is -1.42. The molecular weight excluding hydrogens is 206 g/mol. The van der Waals surface area contributed by atoms with Crippen LogP contribution in [0.3, 0.4) is 0 Å². The Kier molecular flexibility index (Phi) is 2.17. The molecule has 0 atom stereocenters. The van der Waals surface area contributed by atoms with Gasteiger partial charge in [-0.1, -0.05) is 0 Å². The van der Waals surface area contributed by atoms with Crippen LogP contribution in [-0.2, 0) is 0 Å². The molecule has 3 rings (SSSR count). The molecule has 1 saturated carbocycles. The third kappa shape index (κ3) is 1.69. The molecule has 16 heavy (non-hydrogen) atoms. The summed E-state index contributed by atoms with van der Waals surface area (Å²) in [6.07, 6.45) is 2.22. The van der Waals surface area contributed by atoms with E-state index in [0.717, 1.165) is 36.6 Å². The van der Waals surface area contributed by atoms with E-state index in [1.54, 1.807) is 0 Å². The lowest BCUT2D eigenvalue weighted by Gasteiger charge is -2.13. The SMILES string of the molecule is OCC1(CNc2ccc3c(c2)OCO3)CC1. The molecule has 0 bridgehead atoms. The summed E-state index contributed by atoms with van der Waals surface area (Å²) in [5.41, 5.74) is 1.14. The lowest BCUT2D eigenvalue weighted by Crippen LogP contribution is -2.18. The summed E-state index contributed by atoms with van der Waals surface area (Å²) in [5, 5.41) is 12.5. The molecule has 1 heterocycles. The number of aliphatic hydroxyl groups is 1. The summed E-state index contributed by atoms with van der Waals surface area (Å²) in [4.78, 5) is 0. The van der Waals surface area contributed by atoms with Crippen LogP contribution in [0.5, 0.6) is 11.5 Å². The molecule has 0 radical (unpaired) electrons. The third-order valence-electron chi connectivity index (χ3n) is 3.33. The van der Waals surface area contributed by atoms with Crippen LogP contribution in [0.15, 0.2) is 18.2 Å². The van der Waals surface area contributed by atoms with Crippen molar-refractivity contribution in [2.24, 2.45) is 5.41 Å². The third-order valence-corrected chi connectivity index (χ3v) is 3.33. The first kappa shape index (κ1) is 9.78. The lowest BCUT2D eigenvalue weighted by molar-refractivity contribution is 0.174. The van der Waals surface area contributed by atoms with Crippen LogP contribution < -0.4 is 14.8 Å². The molecule has 86 valence electrons. The van der Waals surface area contributed by atoms with Crippen LogP contribution in [0, 0.1) is 5.41 Å². The molecular formula is C12H15NO3. The van der Waals surface area contributed by atoms with Crippen LogP contribution in [-0.4, -0.2) is 25.1 Å². The summed E-state index contributed by atoms with van der Waals surface area (Å²) in [7, 11) is 0. The number of benzene rings is 1. The van der Waals surface area contributed by atoms with Crippen LogP contribution >= 0.6 is 0 Å². The maximum absolute atomic E-state index is 9.20. The zero-order valence-corrected chi connectivity index (χ0v) is 9.03. The second-order valence-corrected chi connectivity index (χ2v) is 4.58. The molecule has 1 fully saturated rings. The van der Waals surface area contributed by atoms with Gasteiger partial charge in [0.05, 0.1) is 6.61 Å². The maximum atomic E-state index is 9.20. The normalized spacial score (nSPS) is 19.6. The molecule has 1 aromatic rings. The van der Waals surface area contributed by atoms with E-state index >= 15 is 0 Å². The molecule has 0 amide bonds. The van der Waals surface area contributed by atoms with E-state index in [0.29, 0.717) is 6.79 Å². The minimum absolute atomic E-state index is 0.121. The second kappa shape index (κ2) is 3.56. The summed E-state index contributed by atoms with van der Waals surface area (Å²) < 4.78 is 10.5. The average molecular weight is 221 g/mol. The predicted molar refractivity (Wildman–Crippen MR) is 59.8 cm³/mol. The minimum Gasteiger partial charge on any atom is -0.454 e. The topological polar surface area (TPSA) is 50.7 Å². The standard InChI is InChI=1S/C12H15NO3/c14-7-12(3-4-12)6-13-9-1-2-10-11(5-9)16-8-15-10/h1-2,5,13-14H,3-4,6-8H2. The van der Waals surface area contributed by atoms with Gasteiger partial charge in [-0.05, 0) is 25.0 Å². The minimum atomic E-state index is 0.121. The fourth-order valence-electron chi connectivity index (χ4n) is 1.86. The Labute approximate surface area is 94.2 Å². The highest BCUT2D eigenvalue weighted by atomic mass is 16.7. The van der Waals surface area contributed by atoms with Crippen LogP contribution in [0.1, 0.15) is 12.8 Å². The highest BCUT2D eigenvalue weighted by Crippen LogP contribution is 2.45. The fraction of sp³-hybridized carbons (Fsp3) is 0.500. The molecule has 0 aromatic heterocycles. The van der Waals surface area contributed by atoms with Gasteiger partial charge in [0.15, 0.2) is 11.5 Å². The zero-order chi connectivity index (χ0) is 11.0. The average Bonchev–Trinajstić information content (AvgIpc) is 2.96. The van der Waals surface area contributed by atoms with Crippen molar-refractivity contribution in [3.05, 3.63) is 18.2 Å². The van der Waals surface area contributed by atoms with Crippen molar-refractivity contribution in [1.82, 2.24) is 0 Å². The van der Waals surface area contributed by atoms with Crippen molar-refractivity contribution < 1.29 is 14.6 Å². The molecule has 2 N–H and O–H groups in total. The van der Waals surface area contributed by atoms with Gasteiger partial charge in [0.1, 0.15) is 0 Å². The second-order valence-electron chi connectivity index (χ2n) is 4.58. The Morgan fingerprint density at radius 3 is 2.81 bits per heavy atom. The number of hydrogen-bond donors (Lipinski definition) is 2.